The molecule has 0 radical (unpaired) electrons. The fourth-order valence-electron chi connectivity index (χ4n) is 1.68. The molecule has 5 nitrogen and oxygen atoms in total. The topological polar surface area (TPSA) is 72.6 Å². The van der Waals surface area contributed by atoms with E-state index in [1.54, 1.807) is 6.92 Å². The third kappa shape index (κ3) is 3.35. The first-order valence-corrected chi connectivity index (χ1v) is 6.29. The standard InChI is InChI=1S/C15H14FNO4/c1-3-20-15(19)9(2)14(18)12-8-13(21-17-12)10-4-6-11(16)7-5-10/h4-8,14,18H,2-3H2,1H3. The van der Waals surface area contributed by atoms with Gasteiger partial charge in [-0.1, -0.05) is 11.7 Å². The number of esters is 1. The van der Waals surface area contributed by atoms with Gasteiger partial charge < -0.3 is 14.4 Å². The molecule has 110 valence electrons. The maximum Gasteiger partial charge on any atom is 0.336 e. The van der Waals surface area contributed by atoms with Crippen molar-refractivity contribution in [2.24, 2.45) is 0 Å². The number of nitrogens with zero attached hydrogens (tertiary/aromatic N) is 1. The van der Waals surface area contributed by atoms with Crippen LogP contribution in [0.3, 0.4) is 0 Å². The van der Waals surface area contributed by atoms with Crippen LogP contribution < -0.4 is 0 Å². The highest BCUT2D eigenvalue weighted by Gasteiger charge is 2.23. The first-order chi connectivity index (χ1) is 10.0. The molecular formula is C15H14FNO4. The van der Waals surface area contributed by atoms with Gasteiger partial charge in [-0.3, -0.25) is 0 Å². The molecule has 0 aliphatic rings. The zero-order chi connectivity index (χ0) is 15.4. The van der Waals surface area contributed by atoms with Gasteiger partial charge in [-0.2, -0.15) is 0 Å². The molecule has 6 heteroatoms. The molecule has 0 spiro atoms. The van der Waals surface area contributed by atoms with Crippen LogP contribution in [0.15, 0.2) is 47.0 Å². The van der Waals surface area contributed by atoms with Gasteiger partial charge in [-0.25, -0.2) is 9.18 Å². The molecule has 0 aliphatic carbocycles. The second-order valence-electron chi connectivity index (χ2n) is 4.27. The largest absolute Gasteiger partial charge is 0.463 e. The Hall–Kier alpha value is -2.47. The van der Waals surface area contributed by atoms with Crippen LogP contribution in [0, 0.1) is 5.82 Å². The molecule has 1 atom stereocenters. The number of benzene rings is 1. The van der Waals surface area contributed by atoms with E-state index in [9.17, 15) is 14.3 Å². The van der Waals surface area contributed by atoms with E-state index in [4.69, 9.17) is 9.26 Å². The number of aliphatic hydroxyl groups is 1. The Morgan fingerprint density at radius 2 is 2.14 bits per heavy atom. The van der Waals surface area contributed by atoms with Crippen molar-refractivity contribution in [3.63, 3.8) is 0 Å². The molecule has 0 bridgehead atoms. The molecule has 1 unspecified atom stereocenters. The summed E-state index contributed by atoms with van der Waals surface area (Å²) in [5.41, 5.74) is 0.604. The Bertz CT molecular complexity index is 648. The van der Waals surface area contributed by atoms with Gasteiger partial charge in [0.25, 0.3) is 0 Å². The lowest BCUT2D eigenvalue weighted by atomic mass is 10.1. The van der Waals surface area contributed by atoms with Crippen LogP contribution in [0.5, 0.6) is 0 Å². The summed E-state index contributed by atoms with van der Waals surface area (Å²) in [6, 6.07) is 7.07. The number of hydrogen-bond donors (Lipinski definition) is 1. The molecule has 0 fully saturated rings. The maximum atomic E-state index is 12.9. The van der Waals surface area contributed by atoms with Gasteiger partial charge in [0.05, 0.1) is 12.2 Å². The summed E-state index contributed by atoms with van der Waals surface area (Å²) >= 11 is 0. The summed E-state index contributed by atoms with van der Waals surface area (Å²) in [4.78, 5) is 11.5. The molecule has 0 saturated heterocycles. The third-order valence-electron chi connectivity index (χ3n) is 2.80. The van der Waals surface area contributed by atoms with Gasteiger partial charge in [0.2, 0.25) is 0 Å². The van der Waals surface area contributed by atoms with Gasteiger partial charge in [0.15, 0.2) is 5.76 Å². The van der Waals surface area contributed by atoms with Crippen molar-refractivity contribution >= 4 is 5.97 Å². The normalized spacial score (nSPS) is 12.0. The number of hydrogen-bond acceptors (Lipinski definition) is 5. The zero-order valence-electron chi connectivity index (χ0n) is 11.4. The van der Waals surface area contributed by atoms with E-state index in [0.29, 0.717) is 11.3 Å². The average Bonchev–Trinajstić information content (AvgIpc) is 2.96. The fraction of sp³-hybridized carbons (Fsp3) is 0.200. The molecule has 2 rings (SSSR count). The summed E-state index contributed by atoms with van der Waals surface area (Å²) in [5.74, 6) is -0.716. The number of aliphatic hydroxyl groups excluding tert-OH is 1. The van der Waals surface area contributed by atoms with Crippen LogP contribution in [0.25, 0.3) is 11.3 Å². The summed E-state index contributed by atoms with van der Waals surface area (Å²) < 4.78 is 22.7. The summed E-state index contributed by atoms with van der Waals surface area (Å²) in [6.07, 6.45) is -1.32. The maximum absolute atomic E-state index is 12.9. The van der Waals surface area contributed by atoms with Gasteiger partial charge in [-0.05, 0) is 31.2 Å². The molecule has 1 aromatic carbocycles. The predicted octanol–water partition coefficient (Wildman–Crippen LogP) is 2.63. The van der Waals surface area contributed by atoms with Crippen molar-refractivity contribution in [1.29, 1.82) is 0 Å². The Morgan fingerprint density at radius 1 is 1.48 bits per heavy atom. The minimum Gasteiger partial charge on any atom is -0.463 e. The van der Waals surface area contributed by atoms with E-state index < -0.39 is 12.1 Å². The van der Waals surface area contributed by atoms with Gasteiger partial charge in [0, 0.05) is 11.6 Å². The van der Waals surface area contributed by atoms with Crippen LogP contribution in [-0.2, 0) is 9.53 Å². The van der Waals surface area contributed by atoms with E-state index in [-0.39, 0.29) is 23.7 Å². The number of carbonyl (C=O) groups is 1. The second kappa shape index (κ2) is 6.32. The predicted molar refractivity (Wildman–Crippen MR) is 72.6 cm³/mol. The summed E-state index contributed by atoms with van der Waals surface area (Å²) in [6.45, 7) is 5.33. The van der Waals surface area contributed by atoms with Crippen LogP contribution >= 0.6 is 0 Å². The second-order valence-corrected chi connectivity index (χ2v) is 4.27. The summed E-state index contributed by atoms with van der Waals surface area (Å²) in [7, 11) is 0. The summed E-state index contributed by atoms with van der Waals surface area (Å²) in [5, 5.41) is 13.7. The van der Waals surface area contributed by atoms with E-state index in [1.165, 1.54) is 30.3 Å². The minimum atomic E-state index is -1.32. The van der Waals surface area contributed by atoms with Gasteiger partial charge in [-0.15, -0.1) is 0 Å². The first kappa shape index (κ1) is 14.9. The Kier molecular flexibility index (Phi) is 4.49. The Balaban J connectivity index is 2.17. The minimum absolute atomic E-state index is 0.129. The monoisotopic (exact) mass is 291 g/mol. The number of ether oxygens (including phenoxy) is 1. The van der Waals surface area contributed by atoms with Crippen LogP contribution in [-0.4, -0.2) is 22.8 Å². The van der Waals surface area contributed by atoms with Crippen LogP contribution in [0.4, 0.5) is 4.39 Å². The third-order valence-corrected chi connectivity index (χ3v) is 2.80. The van der Waals surface area contributed by atoms with E-state index >= 15 is 0 Å². The van der Waals surface area contributed by atoms with Gasteiger partial charge in [0.1, 0.15) is 17.6 Å². The molecule has 0 saturated carbocycles. The van der Waals surface area contributed by atoms with Crippen molar-refractivity contribution in [3.8, 4) is 11.3 Å². The highest BCUT2D eigenvalue weighted by Crippen LogP contribution is 2.26. The Labute approximate surface area is 120 Å². The van der Waals surface area contributed by atoms with E-state index in [2.05, 4.69) is 11.7 Å². The molecule has 1 heterocycles. The number of rotatable bonds is 5. The number of halogens is 1. The lowest BCUT2D eigenvalue weighted by Gasteiger charge is -2.09. The molecule has 0 aliphatic heterocycles. The van der Waals surface area contributed by atoms with Crippen molar-refractivity contribution in [2.75, 3.05) is 6.61 Å². The quantitative estimate of drug-likeness (QED) is 0.677. The van der Waals surface area contributed by atoms with E-state index in [1.807, 2.05) is 0 Å². The smallest absolute Gasteiger partial charge is 0.336 e. The first-order valence-electron chi connectivity index (χ1n) is 6.29. The van der Waals surface area contributed by atoms with Crippen LogP contribution in [0.1, 0.15) is 18.7 Å². The zero-order valence-corrected chi connectivity index (χ0v) is 11.4. The molecule has 0 amide bonds. The van der Waals surface area contributed by atoms with Crippen molar-refractivity contribution in [3.05, 3.63) is 54.0 Å². The van der Waals surface area contributed by atoms with Gasteiger partial charge >= 0.3 is 5.97 Å². The lowest BCUT2D eigenvalue weighted by Crippen LogP contribution is -2.13. The van der Waals surface area contributed by atoms with E-state index in [0.717, 1.165) is 0 Å². The highest BCUT2D eigenvalue weighted by molar-refractivity contribution is 5.89. The highest BCUT2D eigenvalue weighted by atomic mass is 19.1. The number of aromatic nitrogens is 1. The average molecular weight is 291 g/mol. The van der Waals surface area contributed by atoms with Crippen LogP contribution in [0.2, 0.25) is 0 Å². The number of carbonyl (C=O) groups excluding carboxylic acids is 1. The van der Waals surface area contributed by atoms with Crippen molar-refractivity contribution in [2.45, 2.75) is 13.0 Å². The molecule has 21 heavy (non-hydrogen) atoms. The molecule has 2 aromatic rings. The SMILES string of the molecule is C=C(C(=O)OCC)C(O)c1cc(-c2ccc(F)cc2)on1. The lowest BCUT2D eigenvalue weighted by molar-refractivity contribution is -0.139. The molecule has 1 N–H and O–H groups in total. The molecular weight excluding hydrogens is 277 g/mol. The Morgan fingerprint density at radius 3 is 2.76 bits per heavy atom. The van der Waals surface area contributed by atoms with Crippen molar-refractivity contribution < 1.29 is 23.6 Å². The molecule has 1 aromatic heterocycles. The fourth-order valence-corrected chi connectivity index (χ4v) is 1.68. The van der Waals surface area contributed by atoms with Crippen molar-refractivity contribution in [1.82, 2.24) is 5.16 Å².